The second kappa shape index (κ2) is 5.09. The molecule has 0 atom stereocenters. The van der Waals surface area contributed by atoms with E-state index in [4.69, 9.17) is 10.5 Å². The predicted octanol–water partition coefficient (Wildman–Crippen LogP) is 3.46. The van der Waals surface area contributed by atoms with E-state index in [0.717, 1.165) is 25.0 Å². The van der Waals surface area contributed by atoms with E-state index in [0.29, 0.717) is 12.5 Å². The van der Waals surface area contributed by atoms with Crippen LogP contribution in [-0.4, -0.2) is 12.1 Å². The zero-order valence-corrected chi connectivity index (χ0v) is 10.9. The average molecular weight is 233 g/mol. The third-order valence-electron chi connectivity index (χ3n) is 3.73. The Kier molecular flexibility index (Phi) is 3.72. The zero-order valence-electron chi connectivity index (χ0n) is 10.9. The van der Waals surface area contributed by atoms with Crippen LogP contribution < -0.4 is 10.5 Å². The van der Waals surface area contributed by atoms with Gasteiger partial charge in [0.15, 0.2) is 0 Å². The van der Waals surface area contributed by atoms with Crippen molar-refractivity contribution in [2.24, 2.45) is 5.73 Å². The van der Waals surface area contributed by atoms with Gasteiger partial charge in [0.05, 0.1) is 0 Å². The van der Waals surface area contributed by atoms with Gasteiger partial charge in [-0.3, -0.25) is 0 Å². The summed E-state index contributed by atoms with van der Waals surface area (Å²) in [5.74, 6) is 1.55. The molecule has 0 heterocycles. The highest BCUT2D eigenvalue weighted by Gasteiger charge is 2.38. The quantitative estimate of drug-likeness (QED) is 0.845. The van der Waals surface area contributed by atoms with Crippen LogP contribution in [0.5, 0.6) is 5.75 Å². The SMILES string of the molecule is CC(C)c1ccccc1OC1(CCN)CCC1. The van der Waals surface area contributed by atoms with E-state index in [1.807, 2.05) is 0 Å². The summed E-state index contributed by atoms with van der Waals surface area (Å²) in [7, 11) is 0. The number of benzene rings is 1. The smallest absolute Gasteiger partial charge is 0.123 e. The van der Waals surface area contributed by atoms with E-state index in [1.54, 1.807) is 0 Å². The maximum absolute atomic E-state index is 6.29. The molecule has 1 aromatic carbocycles. The number of rotatable bonds is 5. The molecule has 0 saturated heterocycles. The maximum atomic E-state index is 6.29. The number of ether oxygens (including phenoxy) is 1. The molecule has 0 radical (unpaired) electrons. The summed E-state index contributed by atoms with van der Waals surface area (Å²) in [6.07, 6.45) is 4.54. The van der Waals surface area contributed by atoms with Crippen LogP contribution in [-0.2, 0) is 0 Å². The van der Waals surface area contributed by atoms with Crippen LogP contribution in [0.4, 0.5) is 0 Å². The van der Waals surface area contributed by atoms with Crippen LogP contribution in [0, 0.1) is 0 Å². The molecule has 0 amide bonds. The third kappa shape index (κ3) is 2.63. The van der Waals surface area contributed by atoms with Crippen molar-refractivity contribution in [3.63, 3.8) is 0 Å². The van der Waals surface area contributed by atoms with Gasteiger partial charge in [-0.25, -0.2) is 0 Å². The molecule has 0 spiro atoms. The van der Waals surface area contributed by atoms with Crippen LogP contribution >= 0.6 is 0 Å². The molecule has 0 bridgehead atoms. The minimum Gasteiger partial charge on any atom is -0.487 e. The predicted molar refractivity (Wildman–Crippen MR) is 71.4 cm³/mol. The van der Waals surface area contributed by atoms with Gasteiger partial charge in [-0.15, -0.1) is 0 Å². The van der Waals surface area contributed by atoms with E-state index in [2.05, 4.69) is 38.1 Å². The van der Waals surface area contributed by atoms with Gasteiger partial charge in [-0.1, -0.05) is 32.0 Å². The standard InChI is InChI=1S/C15H23NO/c1-12(2)13-6-3-4-7-14(13)17-15(10-11-16)8-5-9-15/h3-4,6-7,12H,5,8-11,16H2,1-2H3. The van der Waals surface area contributed by atoms with Gasteiger partial charge in [0.25, 0.3) is 0 Å². The molecule has 1 saturated carbocycles. The molecule has 2 heteroatoms. The van der Waals surface area contributed by atoms with E-state index in [1.165, 1.54) is 12.0 Å². The summed E-state index contributed by atoms with van der Waals surface area (Å²) in [6.45, 7) is 5.13. The number of hydrogen-bond acceptors (Lipinski definition) is 2. The molecule has 0 unspecified atom stereocenters. The monoisotopic (exact) mass is 233 g/mol. The lowest BCUT2D eigenvalue weighted by Crippen LogP contribution is -2.45. The molecule has 17 heavy (non-hydrogen) atoms. The molecule has 1 aromatic rings. The second-order valence-corrected chi connectivity index (χ2v) is 5.37. The highest BCUT2D eigenvalue weighted by Crippen LogP contribution is 2.40. The second-order valence-electron chi connectivity index (χ2n) is 5.37. The van der Waals surface area contributed by atoms with Crippen LogP contribution in [0.15, 0.2) is 24.3 Å². The summed E-state index contributed by atoms with van der Waals surface area (Å²) in [4.78, 5) is 0. The fraction of sp³-hybridized carbons (Fsp3) is 0.600. The van der Waals surface area contributed by atoms with Gasteiger partial charge >= 0.3 is 0 Å². The number of nitrogens with two attached hydrogens (primary N) is 1. The van der Waals surface area contributed by atoms with Crippen LogP contribution in [0.2, 0.25) is 0 Å². The van der Waals surface area contributed by atoms with Gasteiger partial charge in [0, 0.05) is 0 Å². The highest BCUT2D eigenvalue weighted by atomic mass is 16.5. The molecular formula is C15H23NO. The summed E-state index contributed by atoms with van der Waals surface area (Å²) in [5.41, 5.74) is 7.02. The van der Waals surface area contributed by atoms with Crippen LogP contribution in [0.1, 0.15) is 51.0 Å². The number of hydrogen-bond donors (Lipinski definition) is 1. The summed E-state index contributed by atoms with van der Waals surface area (Å²) < 4.78 is 6.29. The first kappa shape index (κ1) is 12.4. The topological polar surface area (TPSA) is 35.2 Å². The molecule has 0 aromatic heterocycles. The summed E-state index contributed by atoms with van der Waals surface area (Å²) in [5, 5.41) is 0. The Morgan fingerprint density at radius 1 is 1.29 bits per heavy atom. The Labute approximate surface area is 104 Å². The summed E-state index contributed by atoms with van der Waals surface area (Å²) in [6, 6.07) is 8.38. The lowest BCUT2D eigenvalue weighted by atomic mass is 9.77. The van der Waals surface area contributed by atoms with Gasteiger partial charge in [-0.2, -0.15) is 0 Å². The van der Waals surface area contributed by atoms with Gasteiger partial charge in [-0.05, 0) is 49.8 Å². The fourth-order valence-corrected chi connectivity index (χ4v) is 2.52. The normalized spacial score (nSPS) is 17.9. The number of para-hydroxylation sites is 1. The van der Waals surface area contributed by atoms with Crippen molar-refractivity contribution in [3.05, 3.63) is 29.8 Å². The van der Waals surface area contributed by atoms with Crippen molar-refractivity contribution >= 4 is 0 Å². The minimum absolute atomic E-state index is 0.0275. The lowest BCUT2D eigenvalue weighted by Gasteiger charge is -2.42. The van der Waals surface area contributed by atoms with Gasteiger partial charge in [0.1, 0.15) is 11.4 Å². The molecule has 1 fully saturated rings. The Balaban J connectivity index is 2.17. The Hall–Kier alpha value is -1.02. The van der Waals surface area contributed by atoms with Crippen molar-refractivity contribution in [2.75, 3.05) is 6.54 Å². The van der Waals surface area contributed by atoms with Crippen molar-refractivity contribution in [1.29, 1.82) is 0 Å². The Morgan fingerprint density at radius 2 is 2.00 bits per heavy atom. The molecule has 94 valence electrons. The molecule has 1 aliphatic rings. The molecular weight excluding hydrogens is 210 g/mol. The van der Waals surface area contributed by atoms with Crippen molar-refractivity contribution in [1.82, 2.24) is 0 Å². The Morgan fingerprint density at radius 3 is 2.53 bits per heavy atom. The largest absolute Gasteiger partial charge is 0.487 e. The highest BCUT2D eigenvalue weighted by molar-refractivity contribution is 5.36. The zero-order chi connectivity index (χ0) is 12.3. The van der Waals surface area contributed by atoms with Crippen molar-refractivity contribution in [3.8, 4) is 5.75 Å². The maximum Gasteiger partial charge on any atom is 0.123 e. The van der Waals surface area contributed by atoms with Crippen molar-refractivity contribution < 1.29 is 4.74 Å². The van der Waals surface area contributed by atoms with E-state index in [9.17, 15) is 0 Å². The third-order valence-corrected chi connectivity index (χ3v) is 3.73. The van der Waals surface area contributed by atoms with Crippen LogP contribution in [0.3, 0.4) is 0 Å². The lowest BCUT2D eigenvalue weighted by molar-refractivity contribution is -0.0133. The molecule has 2 rings (SSSR count). The molecule has 0 aliphatic heterocycles. The van der Waals surface area contributed by atoms with Crippen LogP contribution in [0.25, 0.3) is 0 Å². The molecule has 2 N–H and O–H groups in total. The minimum atomic E-state index is 0.0275. The van der Waals surface area contributed by atoms with Gasteiger partial charge in [0.2, 0.25) is 0 Å². The fourth-order valence-electron chi connectivity index (χ4n) is 2.52. The first-order chi connectivity index (χ1) is 8.17. The first-order valence-electron chi connectivity index (χ1n) is 6.65. The van der Waals surface area contributed by atoms with E-state index < -0.39 is 0 Å². The summed E-state index contributed by atoms with van der Waals surface area (Å²) >= 11 is 0. The molecule has 2 nitrogen and oxygen atoms in total. The first-order valence-corrected chi connectivity index (χ1v) is 6.65. The average Bonchev–Trinajstić information content (AvgIpc) is 2.26. The van der Waals surface area contributed by atoms with Gasteiger partial charge < -0.3 is 10.5 Å². The molecule has 1 aliphatic carbocycles. The van der Waals surface area contributed by atoms with E-state index >= 15 is 0 Å². The van der Waals surface area contributed by atoms with E-state index in [-0.39, 0.29) is 5.60 Å². The van der Waals surface area contributed by atoms with Crippen molar-refractivity contribution in [2.45, 2.75) is 51.0 Å². The Bertz CT molecular complexity index is 369.